The third kappa shape index (κ3) is 3.03. The first kappa shape index (κ1) is 13.6. The van der Waals surface area contributed by atoms with Crippen LogP contribution in [0.1, 0.15) is 44.3 Å². The minimum atomic E-state index is 0.528. The van der Waals surface area contributed by atoms with Crippen LogP contribution in [0.4, 0.5) is 11.6 Å². The smallest absolute Gasteiger partial charge is 0.136 e. The molecular weight excluding hydrogens is 252 g/mol. The second kappa shape index (κ2) is 5.95. The number of aromatic nitrogens is 2. The van der Waals surface area contributed by atoms with Crippen LogP contribution < -0.4 is 10.2 Å². The molecule has 3 rings (SSSR count). The molecule has 1 aromatic rings. The molecule has 2 fully saturated rings. The van der Waals surface area contributed by atoms with E-state index in [9.17, 15) is 0 Å². The number of hydrogen-bond acceptors (Lipinski definition) is 5. The SMILES string of the molecule is CCNc1cc(N(C)C2CCOCC2)nc(C2CC2)n1. The first-order valence-corrected chi connectivity index (χ1v) is 7.71. The third-order valence-corrected chi connectivity index (χ3v) is 4.13. The maximum atomic E-state index is 5.45. The van der Waals surface area contributed by atoms with E-state index in [4.69, 9.17) is 9.72 Å². The maximum absolute atomic E-state index is 5.45. The van der Waals surface area contributed by atoms with Gasteiger partial charge < -0.3 is 15.0 Å². The molecule has 5 heteroatoms. The number of nitrogens with zero attached hydrogens (tertiary/aromatic N) is 3. The highest BCUT2D eigenvalue weighted by atomic mass is 16.5. The molecule has 0 bridgehead atoms. The van der Waals surface area contributed by atoms with Gasteiger partial charge in [0.1, 0.15) is 17.5 Å². The average Bonchev–Trinajstić information content (AvgIpc) is 3.32. The lowest BCUT2D eigenvalue weighted by Gasteiger charge is -2.32. The van der Waals surface area contributed by atoms with Crippen LogP contribution in [0.15, 0.2) is 6.07 Å². The number of nitrogens with one attached hydrogen (secondary N) is 1. The van der Waals surface area contributed by atoms with Gasteiger partial charge in [-0.15, -0.1) is 0 Å². The van der Waals surface area contributed by atoms with Crippen LogP contribution in [-0.4, -0.2) is 42.8 Å². The van der Waals surface area contributed by atoms with Gasteiger partial charge in [-0.1, -0.05) is 0 Å². The second-order valence-electron chi connectivity index (χ2n) is 5.73. The molecule has 1 saturated heterocycles. The van der Waals surface area contributed by atoms with Gasteiger partial charge in [-0.2, -0.15) is 0 Å². The minimum absolute atomic E-state index is 0.528. The van der Waals surface area contributed by atoms with Crippen LogP contribution in [0.5, 0.6) is 0 Å². The molecule has 0 amide bonds. The molecule has 2 heterocycles. The molecule has 0 atom stereocenters. The lowest BCUT2D eigenvalue weighted by molar-refractivity contribution is 0.0853. The molecule has 1 aromatic heterocycles. The van der Waals surface area contributed by atoms with Crippen molar-refractivity contribution in [1.29, 1.82) is 0 Å². The Hall–Kier alpha value is -1.36. The summed E-state index contributed by atoms with van der Waals surface area (Å²) in [4.78, 5) is 11.7. The topological polar surface area (TPSA) is 50.3 Å². The predicted molar refractivity (Wildman–Crippen MR) is 80.4 cm³/mol. The highest BCUT2D eigenvalue weighted by Gasteiger charge is 2.28. The van der Waals surface area contributed by atoms with E-state index in [2.05, 4.69) is 35.2 Å². The van der Waals surface area contributed by atoms with E-state index in [1.807, 2.05) is 0 Å². The fourth-order valence-corrected chi connectivity index (χ4v) is 2.69. The Morgan fingerprint density at radius 2 is 2.00 bits per heavy atom. The van der Waals surface area contributed by atoms with Crippen LogP contribution in [0.25, 0.3) is 0 Å². The van der Waals surface area contributed by atoms with Gasteiger partial charge in [0, 0.05) is 44.8 Å². The summed E-state index contributed by atoms with van der Waals surface area (Å²) in [5.74, 6) is 3.59. The quantitative estimate of drug-likeness (QED) is 0.895. The lowest BCUT2D eigenvalue weighted by atomic mass is 10.1. The molecule has 1 N–H and O–H groups in total. The summed E-state index contributed by atoms with van der Waals surface area (Å²) in [6, 6.07) is 2.60. The van der Waals surface area contributed by atoms with E-state index >= 15 is 0 Å². The fraction of sp³-hybridized carbons (Fsp3) is 0.733. The first-order valence-electron chi connectivity index (χ1n) is 7.71. The number of rotatable bonds is 5. The number of hydrogen-bond donors (Lipinski definition) is 1. The Balaban J connectivity index is 1.82. The van der Waals surface area contributed by atoms with Gasteiger partial charge in [-0.05, 0) is 32.6 Å². The number of anilines is 2. The van der Waals surface area contributed by atoms with Gasteiger partial charge >= 0.3 is 0 Å². The van der Waals surface area contributed by atoms with Crippen molar-refractivity contribution in [1.82, 2.24) is 9.97 Å². The Labute approximate surface area is 120 Å². The van der Waals surface area contributed by atoms with Crippen molar-refractivity contribution in [3.05, 3.63) is 11.9 Å². The van der Waals surface area contributed by atoms with Crippen molar-refractivity contribution in [3.8, 4) is 0 Å². The molecule has 0 aromatic carbocycles. The summed E-state index contributed by atoms with van der Waals surface area (Å²) in [5, 5.41) is 3.33. The normalized spacial score (nSPS) is 19.9. The second-order valence-corrected chi connectivity index (χ2v) is 5.73. The van der Waals surface area contributed by atoms with Gasteiger partial charge in [0.15, 0.2) is 0 Å². The Bertz CT molecular complexity index is 455. The molecule has 2 aliphatic rings. The Morgan fingerprint density at radius 3 is 2.65 bits per heavy atom. The summed E-state index contributed by atoms with van der Waals surface area (Å²) in [6.45, 7) is 4.70. The van der Waals surface area contributed by atoms with E-state index in [1.165, 1.54) is 12.8 Å². The predicted octanol–water partition coefficient (Wildman–Crippen LogP) is 2.40. The lowest BCUT2D eigenvalue weighted by Crippen LogP contribution is -2.37. The Morgan fingerprint density at radius 1 is 1.25 bits per heavy atom. The van der Waals surface area contributed by atoms with E-state index in [0.29, 0.717) is 12.0 Å². The van der Waals surface area contributed by atoms with Gasteiger partial charge in [-0.25, -0.2) is 9.97 Å². The summed E-state index contributed by atoms with van der Waals surface area (Å²) >= 11 is 0. The van der Waals surface area contributed by atoms with Crippen molar-refractivity contribution in [3.63, 3.8) is 0 Å². The summed E-state index contributed by atoms with van der Waals surface area (Å²) < 4.78 is 5.45. The molecule has 5 nitrogen and oxygen atoms in total. The molecule has 0 spiro atoms. The van der Waals surface area contributed by atoms with Crippen molar-refractivity contribution in [2.24, 2.45) is 0 Å². The zero-order chi connectivity index (χ0) is 13.9. The van der Waals surface area contributed by atoms with E-state index < -0.39 is 0 Å². The zero-order valence-corrected chi connectivity index (χ0v) is 12.4. The molecule has 1 aliphatic carbocycles. The van der Waals surface area contributed by atoms with Crippen LogP contribution in [0.3, 0.4) is 0 Å². The highest BCUT2D eigenvalue weighted by Crippen LogP contribution is 2.39. The molecule has 0 unspecified atom stereocenters. The first-order chi connectivity index (χ1) is 9.78. The van der Waals surface area contributed by atoms with E-state index in [-0.39, 0.29) is 0 Å². The fourth-order valence-electron chi connectivity index (χ4n) is 2.69. The van der Waals surface area contributed by atoms with Gasteiger partial charge in [0.05, 0.1) is 0 Å². The minimum Gasteiger partial charge on any atom is -0.381 e. The molecule has 0 radical (unpaired) electrons. The monoisotopic (exact) mass is 276 g/mol. The standard InChI is InChI=1S/C15H24N4O/c1-3-16-13-10-14(18-15(17-13)11-4-5-11)19(2)12-6-8-20-9-7-12/h10-12H,3-9H2,1-2H3,(H,16,17,18). The van der Waals surface area contributed by atoms with Crippen LogP contribution in [-0.2, 0) is 4.74 Å². The zero-order valence-electron chi connectivity index (χ0n) is 12.4. The molecular formula is C15H24N4O. The van der Waals surface area contributed by atoms with Crippen molar-refractivity contribution < 1.29 is 4.74 Å². The van der Waals surface area contributed by atoms with E-state index in [0.717, 1.165) is 50.1 Å². The number of ether oxygens (including phenoxy) is 1. The van der Waals surface area contributed by atoms with Crippen molar-refractivity contribution in [2.75, 3.05) is 37.0 Å². The van der Waals surface area contributed by atoms with Gasteiger partial charge in [-0.3, -0.25) is 0 Å². The van der Waals surface area contributed by atoms with Crippen LogP contribution in [0.2, 0.25) is 0 Å². The molecule has 1 aliphatic heterocycles. The largest absolute Gasteiger partial charge is 0.381 e. The van der Waals surface area contributed by atoms with Crippen molar-refractivity contribution in [2.45, 2.75) is 44.6 Å². The highest BCUT2D eigenvalue weighted by molar-refractivity contribution is 5.50. The Kier molecular flexibility index (Phi) is 4.05. The van der Waals surface area contributed by atoms with Crippen LogP contribution >= 0.6 is 0 Å². The van der Waals surface area contributed by atoms with Crippen molar-refractivity contribution >= 4 is 11.6 Å². The van der Waals surface area contributed by atoms with Gasteiger partial charge in [0.25, 0.3) is 0 Å². The van der Waals surface area contributed by atoms with Gasteiger partial charge in [0.2, 0.25) is 0 Å². The molecule has 110 valence electrons. The summed E-state index contributed by atoms with van der Waals surface area (Å²) in [5.41, 5.74) is 0. The third-order valence-electron chi connectivity index (χ3n) is 4.13. The maximum Gasteiger partial charge on any atom is 0.136 e. The summed E-state index contributed by atoms with van der Waals surface area (Å²) in [7, 11) is 2.14. The molecule has 1 saturated carbocycles. The summed E-state index contributed by atoms with van der Waals surface area (Å²) in [6.07, 6.45) is 4.62. The van der Waals surface area contributed by atoms with Crippen LogP contribution in [0, 0.1) is 0 Å². The molecule has 20 heavy (non-hydrogen) atoms. The average molecular weight is 276 g/mol. The van der Waals surface area contributed by atoms with E-state index in [1.54, 1.807) is 0 Å².